The standard InChI is InChI=1S/C17H29N3O2/c1-8(2)5-12-10-6-11-14(16(18)21)15(13(10)17(22)19-11)20(12)7-9(3)4/h8-15H,5-7H2,1-4H3,(H2,18,21)(H,19,22). The fraction of sp³-hybridized carbons (Fsp3) is 0.882. The first-order valence-electron chi connectivity index (χ1n) is 8.66. The van der Waals surface area contributed by atoms with Gasteiger partial charge in [0.2, 0.25) is 11.8 Å². The van der Waals surface area contributed by atoms with E-state index in [1.807, 2.05) is 0 Å². The molecule has 4 rings (SSSR count). The number of nitrogens with one attached hydrogen (secondary N) is 1. The minimum absolute atomic E-state index is 0.0150. The number of amides is 2. The number of nitrogens with zero attached hydrogens (tertiary/aromatic N) is 1. The summed E-state index contributed by atoms with van der Waals surface area (Å²) in [7, 11) is 0. The first kappa shape index (κ1) is 15.8. The number of piperidine rings is 2. The average Bonchev–Trinajstić information content (AvgIpc) is 2.61. The topological polar surface area (TPSA) is 75.4 Å². The molecule has 4 aliphatic rings. The maximum atomic E-state index is 12.5. The Morgan fingerprint density at radius 2 is 2.00 bits per heavy atom. The van der Waals surface area contributed by atoms with Gasteiger partial charge in [-0.1, -0.05) is 27.7 Å². The summed E-state index contributed by atoms with van der Waals surface area (Å²) in [6.45, 7) is 9.82. The van der Waals surface area contributed by atoms with E-state index in [-0.39, 0.29) is 35.7 Å². The first-order valence-corrected chi connectivity index (χ1v) is 8.66. The number of nitrogens with two attached hydrogens (primary N) is 1. The van der Waals surface area contributed by atoms with Gasteiger partial charge in [-0.05, 0) is 30.6 Å². The molecule has 4 fully saturated rings. The Labute approximate surface area is 133 Å². The molecule has 6 atom stereocenters. The van der Waals surface area contributed by atoms with Crippen LogP contribution >= 0.6 is 0 Å². The molecule has 3 heterocycles. The predicted molar refractivity (Wildman–Crippen MR) is 84.8 cm³/mol. The van der Waals surface area contributed by atoms with Crippen LogP contribution in [0.25, 0.3) is 0 Å². The Morgan fingerprint density at radius 3 is 2.55 bits per heavy atom. The number of primary amides is 1. The number of hydrogen-bond donors (Lipinski definition) is 2. The molecule has 6 unspecified atom stereocenters. The Morgan fingerprint density at radius 1 is 1.32 bits per heavy atom. The Balaban J connectivity index is 1.98. The Kier molecular flexibility index (Phi) is 3.96. The predicted octanol–water partition coefficient (Wildman–Crippen LogP) is 0.977. The second-order valence-corrected chi connectivity index (χ2v) is 8.25. The zero-order valence-electron chi connectivity index (χ0n) is 14.1. The molecule has 124 valence electrons. The quantitative estimate of drug-likeness (QED) is 0.795. The lowest BCUT2D eigenvalue weighted by Gasteiger charge is -2.46. The van der Waals surface area contributed by atoms with Gasteiger partial charge >= 0.3 is 0 Å². The van der Waals surface area contributed by atoms with E-state index < -0.39 is 0 Å². The van der Waals surface area contributed by atoms with Gasteiger partial charge in [0.1, 0.15) is 0 Å². The summed E-state index contributed by atoms with van der Waals surface area (Å²) in [5.74, 6) is 1.11. The Bertz CT molecular complexity index is 477. The van der Waals surface area contributed by atoms with Crippen molar-refractivity contribution in [2.24, 2.45) is 35.3 Å². The van der Waals surface area contributed by atoms with E-state index in [4.69, 9.17) is 5.73 Å². The van der Waals surface area contributed by atoms with Crippen molar-refractivity contribution in [2.45, 2.75) is 58.7 Å². The van der Waals surface area contributed by atoms with Crippen LogP contribution in [0.2, 0.25) is 0 Å². The normalized spacial score (nSPS) is 40.5. The lowest BCUT2D eigenvalue weighted by Crippen LogP contribution is -2.66. The van der Waals surface area contributed by atoms with Crippen molar-refractivity contribution in [1.82, 2.24) is 10.2 Å². The number of carbonyl (C=O) groups excluding carboxylic acids is 2. The third kappa shape index (κ3) is 2.34. The van der Waals surface area contributed by atoms with Crippen molar-refractivity contribution in [3.05, 3.63) is 0 Å². The summed E-state index contributed by atoms with van der Waals surface area (Å²) in [5.41, 5.74) is 5.71. The number of hydrogen-bond acceptors (Lipinski definition) is 3. The summed E-state index contributed by atoms with van der Waals surface area (Å²) in [5, 5.41) is 3.03. The molecule has 0 aromatic rings. The van der Waals surface area contributed by atoms with Gasteiger partial charge in [-0.2, -0.15) is 0 Å². The fourth-order valence-electron chi connectivity index (χ4n) is 5.19. The van der Waals surface area contributed by atoms with Gasteiger partial charge in [-0.15, -0.1) is 0 Å². The van der Waals surface area contributed by atoms with Crippen LogP contribution in [0.5, 0.6) is 0 Å². The number of fused-ring (bicyclic) bond motifs is 1. The molecular formula is C17H29N3O2. The average molecular weight is 307 g/mol. The van der Waals surface area contributed by atoms with E-state index in [2.05, 4.69) is 37.9 Å². The van der Waals surface area contributed by atoms with Gasteiger partial charge in [-0.25, -0.2) is 0 Å². The van der Waals surface area contributed by atoms with Gasteiger partial charge < -0.3 is 11.1 Å². The Hall–Kier alpha value is -1.10. The smallest absolute Gasteiger partial charge is 0.225 e. The molecule has 5 heteroatoms. The van der Waals surface area contributed by atoms with Crippen LogP contribution in [0, 0.1) is 29.6 Å². The lowest BCUT2D eigenvalue weighted by atomic mass is 9.65. The second kappa shape index (κ2) is 5.52. The van der Waals surface area contributed by atoms with Gasteiger partial charge in [0.15, 0.2) is 0 Å². The highest BCUT2D eigenvalue weighted by Gasteiger charge is 2.64. The van der Waals surface area contributed by atoms with Crippen molar-refractivity contribution in [3.8, 4) is 0 Å². The highest BCUT2D eigenvalue weighted by Crippen LogP contribution is 2.51. The van der Waals surface area contributed by atoms with Gasteiger partial charge in [0, 0.05) is 24.7 Å². The SMILES string of the molecule is CC(C)CC1C2CC3NC(=O)C2C(C3C(N)=O)N1CC(C)C. The molecule has 1 aliphatic carbocycles. The zero-order valence-corrected chi connectivity index (χ0v) is 14.1. The molecule has 1 saturated carbocycles. The monoisotopic (exact) mass is 307 g/mol. The summed E-state index contributed by atoms with van der Waals surface area (Å²) < 4.78 is 0. The van der Waals surface area contributed by atoms with Crippen LogP contribution < -0.4 is 11.1 Å². The maximum Gasteiger partial charge on any atom is 0.225 e. The number of likely N-dealkylation sites (tertiary alicyclic amines) is 1. The van der Waals surface area contributed by atoms with E-state index >= 15 is 0 Å². The summed E-state index contributed by atoms with van der Waals surface area (Å²) in [6, 6.07) is 0.369. The molecule has 0 spiro atoms. The molecule has 22 heavy (non-hydrogen) atoms. The van der Waals surface area contributed by atoms with Crippen molar-refractivity contribution in [1.29, 1.82) is 0 Å². The van der Waals surface area contributed by atoms with Crippen LogP contribution in [-0.2, 0) is 9.59 Å². The van der Waals surface area contributed by atoms with Crippen LogP contribution in [-0.4, -0.2) is 41.4 Å². The molecule has 3 saturated heterocycles. The van der Waals surface area contributed by atoms with Crippen LogP contribution in [0.15, 0.2) is 0 Å². The fourth-order valence-corrected chi connectivity index (χ4v) is 5.19. The van der Waals surface area contributed by atoms with E-state index in [9.17, 15) is 9.59 Å². The molecular weight excluding hydrogens is 278 g/mol. The van der Waals surface area contributed by atoms with Gasteiger partial charge in [0.05, 0.1) is 11.8 Å². The van der Waals surface area contributed by atoms with Crippen LogP contribution in [0.3, 0.4) is 0 Å². The van der Waals surface area contributed by atoms with Crippen molar-refractivity contribution in [2.75, 3.05) is 6.54 Å². The second-order valence-electron chi connectivity index (χ2n) is 8.25. The van der Waals surface area contributed by atoms with Gasteiger partial charge in [0.25, 0.3) is 0 Å². The molecule has 5 nitrogen and oxygen atoms in total. The van der Waals surface area contributed by atoms with Gasteiger partial charge in [-0.3, -0.25) is 14.5 Å². The zero-order chi connectivity index (χ0) is 16.2. The van der Waals surface area contributed by atoms with Crippen LogP contribution in [0.1, 0.15) is 40.5 Å². The minimum Gasteiger partial charge on any atom is -0.369 e. The third-order valence-corrected chi connectivity index (χ3v) is 5.71. The summed E-state index contributed by atoms with van der Waals surface area (Å²) in [4.78, 5) is 27.0. The molecule has 0 aromatic carbocycles. The van der Waals surface area contributed by atoms with Crippen molar-refractivity contribution >= 4 is 11.8 Å². The van der Waals surface area contributed by atoms with Crippen LogP contribution in [0.4, 0.5) is 0 Å². The highest BCUT2D eigenvalue weighted by atomic mass is 16.2. The minimum atomic E-state index is -0.252. The number of carbonyl (C=O) groups is 2. The molecule has 2 amide bonds. The summed E-state index contributed by atoms with van der Waals surface area (Å²) in [6.07, 6.45) is 2.00. The molecule has 0 radical (unpaired) electrons. The lowest BCUT2D eigenvalue weighted by molar-refractivity contribution is -0.141. The molecule has 0 aromatic heterocycles. The highest BCUT2D eigenvalue weighted by molar-refractivity contribution is 5.88. The van der Waals surface area contributed by atoms with E-state index in [1.54, 1.807) is 0 Å². The van der Waals surface area contributed by atoms with E-state index in [1.165, 1.54) is 0 Å². The third-order valence-electron chi connectivity index (χ3n) is 5.71. The van der Waals surface area contributed by atoms with E-state index in [0.29, 0.717) is 23.8 Å². The molecule has 4 bridgehead atoms. The summed E-state index contributed by atoms with van der Waals surface area (Å²) >= 11 is 0. The molecule has 3 N–H and O–H groups in total. The van der Waals surface area contributed by atoms with Crippen molar-refractivity contribution < 1.29 is 9.59 Å². The number of rotatable bonds is 5. The van der Waals surface area contributed by atoms with Crippen molar-refractivity contribution in [3.63, 3.8) is 0 Å². The first-order chi connectivity index (χ1) is 10.3. The van der Waals surface area contributed by atoms with E-state index in [0.717, 1.165) is 19.4 Å². The molecule has 3 aliphatic heterocycles. The maximum absolute atomic E-state index is 12.5. The largest absolute Gasteiger partial charge is 0.369 e.